The van der Waals surface area contributed by atoms with Gasteiger partial charge >= 0.3 is 12.1 Å². The van der Waals surface area contributed by atoms with E-state index in [4.69, 9.17) is 0 Å². The molecule has 1 heterocycles. The van der Waals surface area contributed by atoms with Gasteiger partial charge < -0.3 is 26.2 Å². The van der Waals surface area contributed by atoms with Crippen LogP contribution in [0.4, 0.5) is 9.59 Å². The summed E-state index contributed by atoms with van der Waals surface area (Å²) < 4.78 is 0. The molecule has 4 N–H and O–H groups in total. The fourth-order valence-electron chi connectivity index (χ4n) is 3.83. The molecule has 0 radical (unpaired) electrons. The van der Waals surface area contributed by atoms with Crippen LogP contribution >= 0.6 is 0 Å². The van der Waals surface area contributed by atoms with Gasteiger partial charge in [-0.3, -0.25) is 4.79 Å². The Morgan fingerprint density at radius 1 is 0.969 bits per heavy atom. The summed E-state index contributed by atoms with van der Waals surface area (Å²) in [6.45, 7) is 1.24. The molecule has 1 aliphatic rings. The highest BCUT2D eigenvalue weighted by Crippen LogP contribution is 2.18. The summed E-state index contributed by atoms with van der Waals surface area (Å²) in [5, 5.41) is 11.2. The first-order valence-electron chi connectivity index (χ1n) is 10.9. The number of carbonyl (C=O) groups excluding carboxylic acids is 3. The van der Waals surface area contributed by atoms with E-state index < -0.39 is 6.04 Å². The predicted molar refractivity (Wildman–Crippen MR) is 123 cm³/mol. The summed E-state index contributed by atoms with van der Waals surface area (Å²) in [6, 6.07) is 18.1. The van der Waals surface area contributed by atoms with Gasteiger partial charge in [0.05, 0.1) is 6.04 Å². The highest BCUT2D eigenvalue weighted by molar-refractivity contribution is 5.88. The van der Waals surface area contributed by atoms with Crippen LogP contribution in [0.1, 0.15) is 24.0 Å². The smallest absolute Gasteiger partial charge is 0.318 e. The summed E-state index contributed by atoms with van der Waals surface area (Å²) in [5.74, 6) is -0.197. The Kier molecular flexibility index (Phi) is 8.48. The molecule has 5 amide bonds. The topological polar surface area (TPSA) is 103 Å². The summed E-state index contributed by atoms with van der Waals surface area (Å²) in [5.41, 5.74) is 2.06. The molecule has 0 bridgehead atoms. The maximum Gasteiger partial charge on any atom is 0.318 e. The molecule has 2 aromatic rings. The summed E-state index contributed by atoms with van der Waals surface area (Å²) in [6.07, 6.45) is 1.96. The number of likely N-dealkylation sites (tertiary alicyclic amines) is 1. The molecule has 8 heteroatoms. The quantitative estimate of drug-likeness (QED) is 0.508. The predicted octanol–water partition coefficient (Wildman–Crippen LogP) is 2.02. The molecule has 170 valence electrons. The fraction of sp³-hybridized carbons (Fsp3) is 0.375. The third kappa shape index (κ3) is 6.73. The van der Waals surface area contributed by atoms with E-state index in [-0.39, 0.29) is 30.6 Å². The zero-order valence-electron chi connectivity index (χ0n) is 18.3. The Hall–Kier alpha value is -3.55. The zero-order chi connectivity index (χ0) is 22.8. The SMILES string of the molecule is CNC(=O)NC[C@H](Cc1ccccc1)NC(=O)[C@H]1CCCN1C(=O)NCc1ccccc1. The van der Waals surface area contributed by atoms with Gasteiger partial charge in [-0.15, -0.1) is 0 Å². The molecule has 1 fully saturated rings. The van der Waals surface area contributed by atoms with Crippen LogP contribution in [0, 0.1) is 0 Å². The van der Waals surface area contributed by atoms with E-state index in [1.54, 1.807) is 11.9 Å². The number of benzene rings is 2. The highest BCUT2D eigenvalue weighted by Gasteiger charge is 2.34. The lowest BCUT2D eigenvalue weighted by Crippen LogP contribution is -2.54. The molecule has 1 aliphatic heterocycles. The van der Waals surface area contributed by atoms with Crippen molar-refractivity contribution in [1.29, 1.82) is 0 Å². The average Bonchev–Trinajstić information content (AvgIpc) is 3.32. The van der Waals surface area contributed by atoms with Crippen LogP contribution in [0.2, 0.25) is 0 Å². The third-order valence-electron chi connectivity index (χ3n) is 5.51. The number of urea groups is 2. The Morgan fingerprint density at radius 3 is 2.28 bits per heavy atom. The molecular weight excluding hydrogens is 406 g/mol. The molecular formula is C24H31N5O3. The van der Waals surface area contributed by atoms with E-state index in [1.165, 1.54) is 0 Å². The molecule has 0 aliphatic carbocycles. The van der Waals surface area contributed by atoms with E-state index in [2.05, 4.69) is 21.3 Å². The van der Waals surface area contributed by atoms with Crippen LogP contribution in [0.3, 0.4) is 0 Å². The van der Waals surface area contributed by atoms with Gasteiger partial charge in [-0.1, -0.05) is 60.7 Å². The number of rotatable bonds is 8. The zero-order valence-corrected chi connectivity index (χ0v) is 18.3. The van der Waals surface area contributed by atoms with Crippen LogP contribution in [0.5, 0.6) is 0 Å². The number of amides is 5. The maximum atomic E-state index is 13.1. The van der Waals surface area contributed by atoms with Gasteiger partial charge in [-0.25, -0.2) is 9.59 Å². The van der Waals surface area contributed by atoms with Gasteiger partial charge in [0.1, 0.15) is 6.04 Å². The Morgan fingerprint density at radius 2 is 1.62 bits per heavy atom. The van der Waals surface area contributed by atoms with Crippen LogP contribution in [0.25, 0.3) is 0 Å². The second kappa shape index (κ2) is 11.7. The third-order valence-corrected chi connectivity index (χ3v) is 5.51. The first kappa shape index (κ1) is 23.1. The minimum atomic E-state index is -0.524. The number of nitrogens with one attached hydrogen (secondary N) is 4. The summed E-state index contributed by atoms with van der Waals surface area (Å²) >= 11 is 0. The number of hydrogen-bond donors (Lipinski definition) is 4. The first-order valence-corrected chi connectivity index (χ1v) is 10.9. The monoisotopic (exact) mass is 437 g/mol. The Balaban J connectivity index is 1.60. The molecule has 2 atom stereocenters. The first-order chi connectivity index (χ1) is 15.6. The maximum absolute atomic E-state index is 13.1. The van der Waals surface area contributed by atoms with Gasteiger partial charge in [-0.2, -0.15) is 0 Å². The van der Waals surface area contributed by atoms with E-state index in [0.717, 1.165) is 17.5 Å². The van der Waals surface area contributed by atoms with Crippen LogP contribution in [-0.4, -0.2) is 55.1 Å². The molecule has 2 aromatic carbocycles. The molecule has 8 nitrogen and oxygen atoms in total. The second-order valence-electron chi connectivity index (χ2n) is 7.85. The van der Waals surface area contributed by atoms with Crippen molar-refractivity contribution in [3.63, 3.8) is 0 Å². The van der Waals surface area contributed by atoms with Crippen molar-refractivity contribution in [2.75, 3.05) is 20.1 Å². The summed E-state index contributed by atoms with van der Waals surface area (Å²) in [7, 11) is 1.55. The van der Waals surface area contributed by atoms with Crippen molar-refractivity contribution in [1.82, 2.24) is 26.2 Å². The minimum absolute atomic E-state index is 0.197. The van der Waals surface area contributed by atoms with Gasteiger partial charge in [0, 0.05) is 26.7 Å². The molecule has 1 saturated heterocycles. The lowest BCUT2D eigenvalue weighted by molar-refractivity contribution is -0.125. The molecule has 3 rings (SSSR count). The molecule has 0 unspecified atom stereocenters. The number of hydrogen-bond acceptors (Lipinski definition) is 3. The molecule has 32 heavy (non-hydrogen) atoms. The average molecular weight is 438 g/mol. The van der Waals surface area contributed by atoms with Crippen LogP contribution in [-0.2, 0) is 17.8 Å². The van der Waals surface area contributed by atoms with Gasteiger partial charge in [-0.05, 0) is 30.4 Å². The van der Waals surface area contributed by atoms with E-state index in [1.807, 2.05) is 60.7 Å². The van der Waals surface area contributed by atoms with Crippen molar-refractivity contribution in [2.24, 2.45) is 0 Å². The van der Waals surface area contributed by atoms with Crippen molar-refractivity contribution in [2.45, 2.75) is 37.9 Å². The lowest BCUT2D eigenvalue weighted by atomic mass is 10.0. The normalized spacial score (nSPS) is 16.2. The largest absolute Gasteiger partial charge is 0.349 e. The standard InChI is InChI=1S/C24H31N5O3/c1-25-23(31)26-17-20(15-18-9-4-2-5-10-18)28-22(30)21-13-8-14-29(21)24(32)27-16-19-11-6-3-7-12-19/h2-7,9-12,20-21H,8,13-17H2,1H3,(H,27,32)(H,28,30)(H2,25,26,31)/t20-,21+/m0/s1. The second-order valence-corrected chi connectivity index (χ2v) is 7.85. The Labute approximate surface area is 188 Å². The van der Waals surface area contributed by atoms with Crippen molar-refractivity contribution in [3.8, 4) is 0 Å². The van der Waals surface area contributed by atoms with E-state index in [0.29, 0.717) is 25.9 Å². The van der Waals surface area contributed by atoms with Crippen LogP contribution in [0.15, 0.2) is 60.7 Å². The highest BCUT2D eigenvalue weighted by atomic mass is 16.2. The van der Waals surface area contributed by atoms with Gasteiger partial charge in [0.2, 0.25) is 5.91 Å². The van der Waals surface area contributed by atoms with Gasteiger partial charge in [0.15, 0.2) is 0 Å². The Bertz CT molecular complexity index is 891. The molecule has 0 spiro atoms. The van der Waals surface area contributed by atoms with Gasteiger partial charge in [0.25, 0.3) is 0 Å². The number of nitrogens with zero attached hydrogens (tertiary/aromatic N) is 1. The van der Waals surface area contributed by atoms with Crippen molar-refractivity contribution < 1.29 is 14.4 Å². The molecule has 0 aromatic heterocycles. The fourth-order valence-corrected chi connectivity index (χ4v) is 3.83. The number of carbonyl (C=O) groups is 3. The van der Waals surface area contributed by atoms with Crippen LogP contribution < -0.4 is 21.3 Å². The minimum Gasteiger partial charge on any atom is -0.349 e. The van der Waals surface area contributed by atoms with E-state index in [9.17, 15) is 14.4 Å². The van der Waals surface area contributed by atoms with E-state index >= 15 is 0 Å². The van der Waals surface area contributed by atoms with Crippen molar-refractivity contribution >= 4 is 18.0 Å². The molecule has 0 saturated carbocycles. The van der Waals surface area contributed by atoms with Crippen molar-refractivity contribution in [3.05, 3.63) is 71.8 Å². The summed E-state index contributed by atoms with van der Waals surface area (Å²) in [4.78, 5) is 39.1. The lowest BCUT2D eigenvalue weighted by Gasteiger charge is -2.27.